The minimum Gasteiger partial charge on any atom is -0.457 e. The van der Waals surface area contributed by atoms with Gasteiger partial charge in [-0.15, -0.1) is 0 Å². The van der Waals surface area contributed by atoms with Gasteiger partial charge in [0.25, 0.3) is 0 Å². The van der Waals surface area contributed by atoms with Crippen LogP contribution in [0.4, 0.5) is 0 Å². The van der Waals surface area contributed by atoms with Gasteiger partial charge in [-0.05, 0) is 62.5 Å². The fourth-order valence-electron chi connectivity index (χ4n) is 9.62. The molecule has 0 bridgehead atoms. The molecule has 7 heteroatoms. The molecule has 7 nitrogen and oxygen atoms in total. The van der Waals surface area contributed by atoms with Crippen LogP contribution in [0.1, 0.15) is 85.5 Å². The number of Topliss-reactive ketones (excluding diaryl/α,β-unsaturated/α-hetero) is 1. The summed E-state index contributed by atoms with van der Waals surface area (Å²) in [6, 6.07) is 0. The molecule has 0 unspecified atom stereocenters. The summed E-state index contributed by atoms with van der Waals surface area (Å²) in [5.74, 6) is -0.471. The molecule has 1 N–H and O–H groups in total. The average Bonchev–Trinajstić information content (AvgIpc) is 3.41. The van der Waals surface area contributed by atoms with Crippen molar-refractivity contribution in [2.24, 2.45) is 40.4 Å². The number of carbonyl (C=O) groups excluding carboxylic acids is 3. The van der Waals surface area contributed by atoms with E-state index in [4.69, 9.17) is 14.2 Å². The molecular formula is C32H44O7. The SMILES string of the molecule is CC(C)C(=O)OCC(=O)[C@@]12O[C@H](C3CCCCC3)O[C@@H]1C[C@H]1[C@@H]3CCC4=CC(=O)C=C[C@]4(C)[C@@H]3[C@@H](O)C[C@@]12C. The summed E-state index contributed by atoms with van der Waals surface area (Å²) >= 11 is 0. The Morgan fingerprint density at radius 3 is 2.62 bits per heavy atom. The summed E-state index contributed by atoms with van der Waals surface area (Å²) in [5, 5.41) is 11.9. The van der Waals surface area contributed by atoms with Crippen LogP contribution in [0.5, 0.6) is 0 Å². The Balaban J connectivity index is 1.35. The van der Waals surface area contributed by atoms with Gasteiger partial charge < -0.3 is 19.3 Å². The van der Waals surface area contributed by atoms with E-state index in [0.29, 0.717) is 12.8 Å². The molecule has 214 valence electrons. The predicted octanol–water partition coefficient (Wildman–Crippen LogP) is 4.70. The zero-order valence-electron chi connectivity index (χ0n) is 23.8. The highest BCUT2D eigenvalue weighted by Gasteiger charge is 2.76. The van der Waals surface area contributed by atoms with E-state index >= 15 is 0 Å². The quantitative estimate of drug-likeness (QED) is 0.505. The van der Waals surface area contributed by atoms with E-state index in [1.165, 1.54) is 6.42 Å². The molecule has 9 atom stereocenters. The van der Waals surface area contributed by atoms with Gasteiger partial charge in [-0.1, -0.05) is 58.6 Å². The molecule has 6 rings (SSSR count). The number of ether oxygens (including phenoxy) is 3. The third-order valence-electron chi connectivity index (χ3n) is 11.5. The number of allylic oxidation sites excluding steroid dienone is 4. The molecule has 1 heterocycles. The van der Waals surface area contributed by atoms with Crippen LogP contribution in [-0.4, -0.2) is 53.3 Å². The summed E-state index contributed by atoms with van der Waals surface area (Å²) in [6.07, 6.45) is 12.2. The molecule has 0 aromatic carbocycles. The largest absolute Gasteiger partial charge is 0.457 e. The molecule has 1 saturated heterocycles. The Morgan fingerprint density at radius 2 is 1.90 bits per heavy atom. The zero-order valence-corrected chi connectivity index (χ0v) is 23.8. The first-order valence-corrected chi connectivity index (χ1v) is 15.2. The van der Waals surface area contributed by atoms with E-state index in [9.17, 15) is 19.5 Å². The van der Waals surface area contributed by atoms with Crippen molar-refractivity contribution < 1.29 is 33.7 Å². The van der Waals surface area contributed by atoms with Crippen LogP contribution in [0.3, 0.4) is 0 Å². The highest BCUT2D eigenvalue weighted by atomic mass is 16.7. The molecule has 5 aliphatic carbocycles. The van der Waals surface area contributed by atoms with Crippen molar-refractivity contribution in [3.63, 3.8) is 0 Å². The van der Waals surface area contributed by atoms with Crippen molar-refractivity contribution in [1.82, 2.24) is 0 Å². The van der Waals surface area contributed by atoms with Crippen molar-refractivity contribution in [3.8, 4) is 0 Å². The molecule has 4 saturated carbocycles. The summed E-state index contributed by atoms with van der Waals surface area (Å²) in [4.78, 5) is 38.7. The van der Waals surface area contributed by atoms with Crippen molar-refractivity contribution in [3.05, 3.63) is 23.8 Å². The average molecular weight is 541 g/mol. The number of ketones is 2. The summed E-state index contributed by atoms with van der Waals surface area (Å²) in [5.41, 5.74) is -1.19. The minimum absolute atomic E-state index is 0.0162. The van der Waals surface area contributed by atoms with Crippen molar-refractivity contribution >= 4 is 17.5 Å². The molecular weight excluding hydrogens is 496 g/mol. The molecule has 0 radical (unpaired) electrons. The standard InChI is InChI=1S/C32H44O7/c1-18(2)28(36)37-17-25(35)32-26(38-29(39-32)19-8-6-5-7-9-19)15-23-22-11-10-20-14-21(33)12-13-30(20,3)27(22)24(34)16-31(23,32)4/h12-14,18-19,22-24,26-27,29,34H,5-11,15-17H2,1-4H3/t22-,23-,24-,26+,27-,29+,30-,31-,32+/m0/s1. The van der Waals surface area contributed by atoms with Gasteiger partial charge in [-0.25, -0.2) is 0 Å². The lowest BCUT2D eigenvalue weighted by Crippen LogP contribution is -2.63. The normalized spacial score (nSPS) is 45.3. The Hall–Kier alpha value is -1.83. The zero-order chi connectivity index (χ0) is 27.7. The highest BCUT2D eigenvalue weighted by Crippen LogP contribution is 2.70. The van der Waals surface area contributed by atoms with E-state index in [-0.39, 0.29) is 53.2 Å². The van der Waals surface area contributed by atoms with Crippen LogP contribution in [-0.2, 0) is 28.6 Å². The topological polar surface area (TPSA) is 99.1 Å². The van der Waals surface area contributed by atoms with Crippen molar-refractivity contribution in [1.29, 1.82) is 0 Å². The summed E-state index contributed by atoms with van der Waals surface area (Å²) in [7, 11) is 0. The number of esters is 1. The number of hydrogen-bond donors (Lipinski definition) is 1. The van der Waals surface area contributed by atoms with Gasteiger partial charge in [0.1, 0.15) is 0 Å². The van der Waals surface area contributed by atoms with E-state index < -0.39 is 35.5 Å². The number of hydrogen-bond acceptors (Lipinski definition) is 7. The minimum atomic E-state index is -1.25. The smallest absolute Gasteiger partial charge is 0.308 e. The van der Waals surface area contributed by atoms with Gasteiger partial charge in [0.15, 0.2) is 24.3 Å². The van der Waals surface area contributed by atoms with Gasteiger partial charge in [0, 0.05) is 22.7 Å². The second-order valence-corrected chi connectivity index (χ2v) is 13.9. The molecule has 0 spiro atoms. The lowest BCUT2D eigenvalue weighted by Gasteiger charge is -2.59. The van der Waals surface area contributed by atoms with Crippen LogP contribution in [0.2, 0.25) is 0 Å². The molecule has 5 fully saturated rings. The second-order valence-electron chi connectivity index (χ2n) is 13.9. The number of rotatable bonds is 5. The van der Waals surface area contributed by atoms with E-state index in [1.54, 1.807) is 26.0 Å². The van der Waals surface area contributed by atoms with Crippen molar-refractivity contribution in [2.45, 2.75) is 110 Å². The third kappa shape index (κ3) is 3.97. The maximum atomic E-state index is 14.2. The van der Waals surface area contributed by atoms with Crippen LogP contribution in [0, 0.1) is 40.4 Å². The van der Waals surface area contributed by atoms with Crippen molar-refractivity contribution in [2.75, 3.05) is 6.61 Å². The first-order chi connectivity index (χ1) is 18.5. The molecule has 39 heavy (non-hydrogen) atoms. The maximum Gasteiger partial charge on any atom is 0.308 e. The van der Waals surface area contributed by atoms with E-state index in [1.807, 2.05) is 6.08 Å². The first-order valence-electron chi connectivity index (χ1n) is 15.2. The maximum absolute atomic E-state index is 14.2. The number of aliphatic hydroxyl groups excluding tert-OH is 1. The van der Waals surface area contributed by atoms with Crippen LogP contribution in [0.25, 0.3) is 0 Å². The fraction of sp³-hybridized carbons (Fsp3) is 0.781. The Kier molecular flexibility index (Phi) is 6.75. The third-order valence-corrected chi connectivity index (χ3v) is 11.5. The van der Waals surface area contributed by atoms with Gasteiger partial charge in [0.05, 0.1) is 18.1 Å². The van der Waals surface area contributed by atoms with Crippen LogP contribution < -0.4 is 0 Å². The lowest BCUT2D eigenvalue weighted by molar-refractivity contribution is -0.210. The number of carbonyl (C=O) groups is 3. The molecule has 0 aromatic rings. The number of aliphatic hydroxyl groups is 1. The Bertz CT molecular complexity index is 1100. The monoisotopic (exact) mass is 540 g/mol. The van der Waals surface area contributed by atoms with E-state index in [2.05, 4.69) is 13.8 Å². The van der Waals surface area contributed by atoms with E-state index in [0.717, 1.165) is 44.1 Å². The van der Waals surface area contributed by atoms with Gasteiger partial charge in [-0.3, -0.25) is 14.4 Å². The Morgan fingerprint density at radius 1 is 1.15 bits per heavy atom. The molecule has 1 aliphatic heterocycles. The molecule has 6 aliphatic rings. The fourth-order valence-corrected chi connectivity index (χ4v) is 9.62. The molecule has 0 amide bonds. The van der Waals surface area contributed by atoms with Crippen LogP contribution >= 0.6 is 0 Å². The van der Waals surface area contributed by atoms with Crippen LogP contribution in [0.15, 0.2) is 23.8 Å². The van der Waals surface area contributed by atoms with Gasteiger partial charge in [0.2, 0.25) is 5.78 Å². The predicted molar refractivity (Wildman–Crippen MR) is 143 cm³/mol. The highest BCUT2D eigenvalue weighted by molar-refractivity contribution is 6.01. The lowest BCUT2D eigenvalue weighted by atomic mass is 9.46. The first kappa shape index (κ1) is 27.3. The molecule has 0 aromatic heterocycles. The second kappa shape index (κ2) is 9.63. The van der Waals surface area contributed by atoms with Gasteiger partial charge >= 0.3 is 5.97 Å². The summed E-state index contributed by atoms with van der Waals surface area (Å²) < 4.78 is 19.0. The Labute approximate surface area is 231 Å². The van der Waals surface area contributed by atoms with Gasteiger partial charge in [-0.2, -0.15) is 0 Å². The number of fused-ring (bicyclic) bond motifs is 7. The summed E-state index contributed by atoms with van der Waals surface area (Å²) in [6.45, 7) is 7.44.